The lowest BCUT2D eigenvalue weighted by Crippen LogP contribution is -2.30. The average molecular weight is 294 g/mol. The molecule has 1 aromatic rings. The summed E-state index contributed by atoms with van der Waals surface area (Å²) in [6.45, 7) is 8.60. The molecule has 1 heterocycles. The van der Waals surface area contributed by atoms with Crippen molar-refractivity contribution in [3.05, 3.63) is 29.6 Å². The lowest BCUT2D eigenvalue weighted by atomic mass is 9.98. The van der Waals surface area contributed by atoms with Gasteiger partial charge in [-0.1, -0.05) is 6.92 Å². The number of anilines is 1. The normalized spacial score (nSPS) is 24.7. The molecule has 2 rings (SSSR count). The van der Waals surface area contributed by atoms with E-state index in [2.05, 4.69) is 24.1 Å². The standard InChI is InChI=1S/C17H27FN2O/c1-4-19-13(2)15-12-14(18)6-7-16(15)20-10-5-8-17(3,21)9-11-20/h6-7,12-13,19,21H,4-5,8-11H2,1-3H3. The molecule has 1 fully saturated rings. The maximum absolute atomic E-state index is 13.6. The van der Waals surface area contributed by atoms with E-state index in [0.717, 1.165) is 50.1 Å². The van der Waals surface area contributed by atoms with Gasteiger partial charge in [-0.25, -0.2) is 4.39 Å². The molecule has 0 radical (unpaired) electrons. The van der Waals surface area contributed by atoms with Gasteiger partial charge in [-0.2, -0.15) is 0 Å². The summed E-state index contributed by atoms with van der Waals surface area (Å²) in [7, 11) is 0. The van der Waals surface area contributed by atoms with Crippen molar-refractivity contribution in [2.75, 3.05) is 24.5 Å². The van der Waals surface area contributed by atoms with Crippen LogP contribution in [0.15, 0.2) is 18.2 Å². The fourth-order valence-corrected chi connectivity index (χ4v) is 3.08. The van der Waals surface area contributed by atoms with Gasteiger partial charge in [-0.3, -0.25) is 0 Å². The summed E-state index contributed by atoms with van der Waals surface area (Å²) < 4.78 is 13.6. The maximum Gasteiger partial charge on any atom is 0.123 e. The van der Waals surface area contributed by atoms with E-state index < -0.39 is 5.60 Å². The minimum atomic E-state index is -0.581. The first-order valence-electron chi connectivity index (χ1n) is 7.93. The van der Waals surface area contributed by atoms with Gasteiger partial charge in [-0.05, 0) is 63.4 Å². The minimum absolute atomic E-state index is 0.115. The molecular weight excluding hydrogens is 267 g/mol. The summed E-state index contributed by atoms with van der Waals surface area (Å²) in [5.74, 6) is -0.194. The van der Waals surface area contributed by atoms with Crippen molar-refractivity contribution in [1.29, 1.82) is 0 Å². The second kappa shape index (κ2) is 6.75. The van der Waals surface area contributed by atoms with Gasteiger partial charge in [0, 0.05) is 24.8 Å². The largest absolute Gasteiger partial charge is 0.390 e. The predicted molar refractivity (Wildman–Crippen MR) is 85.2 cm³/mol. The van der Waals surface area contributed by atoms with Gasteiger partial charge >= 0.3 is 0 Å². The van der Waals surface area contributed by atoms with Crippen LogP contribution in [0, 0.1) is 5.82 Å². The average Bonchev–Trinajstić information content (AvgIpc) is 2.60. The SMILES string of the molecule is CCNC(C)c1cc(F)ccc1N1CCCC(C)(O)CC1. The Labute approximate surface area is 127 Å². The van der Waals surface area contributed by atoms with Crippen LogP contribution in [0.4, 0.5) is 10.1 Å². The molecule has 3 nitrogen and oxygen atoms in total. The lowest BCUT2D eigenvalue weighted by molar-refractivity contribution is 0.0481. The van der Waals surface area contributed by atoms with Crippen molar-refractivity contribution in [2.45, 2.75) is 51.7 Å². The molecule has 21 heavy (non-hydrogen) atoms. The summed E-state index contributed by atoms with van der Waals surface area (Å²) in [5, 5.41) is 13.6. The smallest absolute Gasteiger partial charge is 0.123 e. The summed E-state index contributed by atoms with van der Waals surface area (Å²) in [6, 6.07) is 5.15. The number of hydrogen-bond donors (Lipinski definition) is 2. The third kappa shape index (κ3) is 4.17. The van der Waals surface area contributed by atoms with E-state index in [1.165, 1.54) is 6.07 Å². The monoisotopic (exact) mass is 294 g/mol. The van der Waals surface area contributed by atoms with E-state index in [1.54, 1.807) is 6.07 Å². The number of rotatable bonds is 4. The number of hydrogen-bond acceptors (Lipinski definition) is 3. The maximum atomic E-state index is 13.6. The highest BCUT2D eigenvalue weighted by atomic mass is 19.1. The molecule has 0 aliphatic carbocycles. The number of nitrogens with one attached hydrogen (secondary N) is 1. The summed E-state index contributed by atoms with van der Waals surface area (Å²) in [5.41, 5.74) is 1.50. The van der Waals surface area contributed by atoms with E-state index >= 15 is 0 Å². The van der Waals surface area contributed by atoms with Crippen LogP contribution < -0.4 is 10.2 Å². The van der Waals surface area contributed by atoms with Gasteiger partial charge in [0.05, 0.1) is 5.60 Å². The molecule has 1 saturated heterocycles. The molecule has 2 N–H and O–H groups in total. The molecule has 0 amide bonds. The van der Waals surface area contributed by atoms with Gasteiger partial charge < -0.3 is 15.3 Å². The molecule has 4 heteroatoms. The summed E-state index contributed by atoms with van der Waals surface area (Å²) in [6.07, 6.45) is 2.53. The molecule has 118 valence electrons. The van der Waals surface area contributed by atoms with Crippen LogP contribution in [0.1, 0.15) is 51.6 Å². The third-order valence-electron chi connectivity index (χ3n) is 4.37. The fraction of sp³-hybridized carbons (Fsp3) is 0.647. The Balaban J connectivity index is 2.26. The zero-order valence-electron chi connectivity index (χ0n) is 13.3. The van der Waals surface area contributed by atoms with E-state index in [0.29, 0.717) is 0 Å². The molecule has 2 atom stereocenters. The number of halogens is 1. The Bertz CT molecular complexity index is 476. The van der Waals surface area contributed by atoms with Crippen molar-refractivity contribution >= 4 is 5.69 Å². The first kappa shape index (κ1) is 16.2. The number of aliphatic hydroxyl groups is 1. The van der Waals surface area contributed by atoms with Gasteiger partial charge in [-0.15, -0.1) is 0 Å². The van der Waals surface area contributed by atoms with Gasteiger partial charge in [0.1, 0.15) is 5.82 Å². The van der Waals surface area contributed by atoms with Crippen LogP contribution in [0.25, 0.3) is 0 Å². The van der Waals surface area contributed by atoms with Crippen molar-refractivity contribution in [3.63, 3.8) is 0 Å². The molecule has 1 aliphatic rings. The second-order valence-corrected chi connectivity index (χ2v) is 6.32. The van der Waals surface area contributed by atoms with Crippen molar-refractivity contribution in [1.82, 2.24) is 5.32 Å². The first-order valence-corrected chi connectivity index (χ1v) is 7.93. The zero-order chi connectivity index (χ0) is 15.5. The Hall–Kier alpha value is -1.13. The van der Waals surface area contributed by atoms with Crippen LogP contribution in [0.5, 0.6) is 0 Å². The molecule has 0 bridgehead atoms. The highest BCUT2D eigenvalue weighted by Crippen LogP contribution is 2.31. The second-order valence-electron chi connectivity index (χ2n) is 6.32. The predicted octanol–water partition coefficient (Wildman–Crippen LogP) is 3.24. The molecule has 1 aliphatic heterocycles. The molecule has 0 aromatic heterocycles. The molecule has 0 spiro atoms. The fourth-order valence-electron chi connectivity index (χ4n) is 3.08. The quantitative estimate of drug-likeness (QED) is 0.895. The van der Waals surface area contributed by atoms with Crippen molar-refractivity contribution < 1.29 is 9.50 Å². The topological polar surface area (TPSA) is 35.5 Å². The Morgan fingerprint density at radius 3 is 2.86 bits per heavy atom. The van der Waals surface area contributed by atoms with E-state index in [1.807, 2.05) is 13.0 Å². The van der Waals surface area contributed by atoms with E-state index in [9.17, 15) is 9.50 Å². The molecule has 0 saturated carbocycles. The Kier molecular flexibility index (Phi) is 5.22. The van der Waals surface area contributed by atoms with Gasteiger partial charge in [0.15, 0.2) is 0 Å². The Morgan fingerprint density at radius 1 is 1.38 bits per heavy atom. The van der Waals surface area contributed by atoms with Crippen molar-refractivity contribution in [2.24, 2.45) is 0 Å². The summed E-state index contributed by atoms with van der Waals surface area (Å²) >= 11 is 0. The third-order valence-corrected chi connectivity index (χ3v) is 4.37. The molecular formula is C17H27FN2O. The summed E-state index contributed by atoms with van der Waals surface area (Å²) in [4.78, 5) is 2.28. The number of nitrogens with zero attached hydrogens (tertiary/aromatic N) is 1. The van der Waals surface area contributed by atoms with Crippen LogP contribution >= 0.6 is 0 Å². The van der Waals surface area contributed by atoms with Gasteiger partial charge in [0.2, 0.25) is 0 Å². The molecule has 1 aromatic carbocycles. The lowest BCUT2D eigenvalue weighted by Gasteiger charge is -2.28. The van der Waals surface area contributed by atoms with Crippen LogP contribution in [0.2, 0.25) is 0 Å². The molecule has 2 unspecified atom stereocenters. The zero-order valence-corrected chi connectivity index (χ0v) is 13.3. The van der Waals surface area contributed by atoms with E-state index in [-0.39, 0.29) is 11.9 Å². The highest BCUT2D eigenvalue weighted by Gasteiger charge is 2.26. The van der Waals surface area contributed by atoms with Crippen LogP contribution in [-0.2, 0) is 0 Å². The van der Waals surface area contributed by atoms with Gasteiger partial charge in [0.25, 0.3) is 0 Å². The van der Waals surface area contributed by atoms with E-state index in [4.69, 9.17) is 0 Å². The number of benzene rings is 1. The Morgan fingerprint density at radius 2 is 2.14 bits per heavy atom. The van der Waals surface area contributed by atoms with Crippen LogP contribution in [0.3, 0.4) is 0 Å². The van der Waals surface area contributed by atoms with Crippen LogP contribution in [-0.4, -0.2) is 30.3 Å². The minimum Gasteiger partial charge on any atom is -0.390 e. The van der Waals surface area contributed by atoms with Crippen molar-refractivity contribution in [3.8, 4) is 0 Å². The first-order chi connectivity index (χ1) is 9.93. The highest BCUT2D eigenvalue weighted by molar-refractivity contribution is 5.55.